The van der Waals surface area contributed by atoms with Crippen LogP contribution in [0.5, 0.6) is 0 Å². The van der Waals surface area contributed by atoms with E-state index in [1.807, 2.05) is 0 Å². The molecular formula is C23H27FN2O4S2. The predicted octanol–water partition coefficient (Wildman–Crippen LogP) is 4.35. The van der Waals surface area contributed by atoms with Gasteiger partial charge in [0.1, 0.15) is 15.6 Å². The van der Waals surface area contributed by atoms with Gasteiger partial charge in [-0.05, 0) is 36.5 Å². The van der Waals surface area contributed by atoms with Crippen molar-refractivity contribution in [1.82, 2.24) is 8.87 Å². The minimum atomic E-state index is -4.46. The number of nitrogens with zero attached hydrogens (tertiary/aromatic N) is 2. The van der Waals surface area contributed by atoms with Crippen molar-refractivity contribution in [3.8, 4) is 0 Å². The molecule has 0 spiro atoms. The number of halogens is 1. The van der Waals surface area contributed by atoms with Crippen LogP contribution in [0, 0.1) is 11.2 Å². The third kappa shape index (κ3) is 3.56. The lowest BCUT2D eigenvalue weighted by Gasteiger charge is -2.38. The van der Waals surface area contributed by atoms with Crippen molar-refractivity contribution in [3.05, 3.63) is 54.3 Å². The molecule has 9 heteroatoms. The van der Waals surface area contributed by atoms with Gasteiger partial charge >= 0.3 is 0 Å². The highest BCUT2D eigenvalue weighted by Gasteiger charge is 2.41. The van der Waals surface area contributed by atoms with Gasteiger partial charge < -0.3 is 4.57 Å². The molecule has 6 nitrogen and oxygen atoms in total. The van der Waals surface area contributed by atoms with Crippen LogP contribution in [0.3, 0.4) is 0 Å². The van der Waals surface area contributed by atoms with E-state index in [1.54, 1.807) is 24.3 Å². The van der Waals surface area contributed by atoms with Crippen molar-refractivity contribution in [2.45, 2.75) is 47.9 Å². The zero-order chi connectivity index (χ0) is 23.3. The molecule has 2 aromatic carbocycles. The van der Waals surface area contributed by atoms with Gasteiger partial charge in [-0.3, -0.25) is 0 Å². The normalized spacial score (nSPS) is 17.6. The van der Waals surface area contributed by atoms with Crippen LogP contribution in [0.25, 0.3) is 10.9 Å². The van der Waals surface area contributed by atoms with Gasteiger partial charge in [-0.15, -0.1) is 0 Å². The molecule has 1 aliphatic rings. The highest BCUT2D eigenvalue weighted by molar-refractivity contribution is 7.93. The summed E-state index contributed by atoms with van der Waals surface area (Å²) in [6, 6.07) is 11.6. The van der Waals surface area contributed by atoms with Gasteiger partial charge in [-0.1, -0.05) is 50.6 Å². The molecule has 0 amide bonds. The van der Waals surface area contributed by atoms with Crippen LogP contribution >= 0.6 is 0 Å². The molecule has 3 aromatic rings. The SMILES string of the molecule is CCC1(C)CCN(S(=O)(=O)c2c(S(=O)(=O)c3ccccc3F)c3ccccc3n2C)CC1. The first kappa shape index (κ1) is 22.9. The average molecular weight is 479 g/mol. The first-order chi connectivity index (χ1) is 15.0. The molecule has 0 unspecified atom stereocenters. The number of hydrogen-bond acceptors (Lipinski definition) is 4. The summed E-state index contributed by atoms with van der Waals surface area (Å²) >= 11 is 0. The van der Waals surface area contributed by atoms with Gasteiger partial charge in [0.2, 0.25) is 9.84 Å². The van der Waals surface area contributed by atoms with Crippen LogP contribution in [0.15, 0.2) is 63.3 Å². The highest BCUT2D eigenvalue weighted by Crippen LogP contribution is 2.40. The van der Waals surface area contributed by atoms with E-state index in [1.165, 1.54) is 28.1 Å². The second-order valence-electron chi connectivity index (χ2n) is 8.71. The Balaban J connectivity index is 1.96. The number of fused-ring (bicyclic) bond motifs is 1. The summed E-state index contributed by atoms with van der Waals surface area (Å²) in [5.74, 6) is -0.916. The van der Waals surface area contributed by atoms with Crippen molar-refractivity contribution in [2.24, 2.45) is 12.5 Å². The standard InChI is InChI=1S/C23H27FN2O4S2/c1-4-23(2)13-15-26(16-14-23)32(29,30)22-21(17-9-5-7-11-19(17)25(22)3)31(27,28)20-12-8-6-10-18(20)24/h5-12H,4,13-16H2,1-3H3. The van der Waals surface area contributed by atoms with Crippen LogP contribution in [-0.4, -0.2) is 38.8 Å². The largest absolute Gasteiger partial charge is 0.332 e. The maximum Gasteiger partial charge on any atom is 0.260 e. The third-order valence-electron chi connectivity index (χ3n) is 6.77. The summed E-state index contributed by atoms with van der Waals surface area (Å²) in [6.07, 6.45) is 2.34. The molecule has 172 valence electrons. The van der Waals surface area contributed by atoms with E-state index < -0.39 is 30.6 Å². The van der Waals surface area contributed by atoms with Crippen LogP contribution in [0.2, 0.25) is 0 Å². The summed E-state index contributed by atoms with van der Waals surface area (Å²) in [6.45, 7) is 4.86. The Morgan fingerprint density at radius 2 is 1.56 bits per heavy atom. The van der Waals surface area contributed by atoms with Crippen LogP contribution in [-0.2, 0) is 26.9 Å². The van der Waals surface area contributed by atoms with Crippen LogP contribution < -0.4 is 0 Å². The number of para-hydroxylation sites is 1. The first-order valence-electron chi connectivity index (χ1n) is 10.6. The maximum absolute atomic E-state index is 14.5. The molecule has 0 saturated carbocycles. The number of sulfone groups is 1. The molecule has 1 saturated heterocycles. The number of benzene rings is 2. The number of rotatable bonds is 5. The van der Waals surface area contributed by atoms with Gasteiger partial charge in [0, 0.05) is 25.5 Å². The third-order valence-corrected chi connectivity index (χ3v) is 10.8. The summed E-state index contributed by atoms with van der Waals surface area (Å²) in [5.41, 5.74) is 0.518. The van der Waals surface area contributed by atoms with Gasteiger partial charge in [-0.2, -0.15) is 4.31 Å². The Bertz CT molecular complexity index is 1390. The van der Waals surface area contributed by atoms with Crippen LogP contribution in [0.1, 0.15) is 33.1 Å². The molecule has 2 heterocycles. The van der Waals surface area contributed by atoms with Gasteiger partial charge in [0.15, 0.2) is 5.03 Å². The van der Waals surface area contributed by atoms with Gasteiger partial charge in [-0.25, -0.2) is 21.2 Å². The first-order valence-corrected chi connectivity index (χ1v) is 13.5. The molecule has 1 fully saturated rings. The zero-order valence-electron chi connectivity index (χ0n) is 18.4. The summed E-state index contributed by atoms with van der Waals surface area (Å²) in [5, 5.41) is -0.0608. The number of hydrogen-bond donors (Lipinski definition) is 0. The van der Waals surface area contributed by atoms with E-state index in [0.717, 1.165) is 18.6 Å². The van der Waals surface area contributed by atoms with Crippen molar-refractivity contribution in [3.63, 3.8) is 0 Å². The molecule has 1 aromatic heterocycles. The lowest BCUT2D eigenvalue weighted by atomic mass is 9.79. The summed E-state index contributed by atoms with van der Waals surface area (Å²) in [7, 11) is -7.07. The smallest absolute Gasteiger partial charge is 0.260 e. The monoisotopic (exact) mass is 478 g/mol. The van der Waals surface area contributed by atoms with E-state index >= 15 is 0 Å². The lowest BCUT2D eigenvalue weighted by Crippen LogP contribution is -2.42. The molecule has 0 radical (unpaired) electrons. The lowest BCUT2D eigenvalue weighted by molar-refractivity contribution is 0.168. The Kier molecular flexibility index (Phi) is 5.71. The minimum Gasteiger partial charge on any atom is -0.332 e. The number of piperidine rings is 1. The quantitative estimate of drug-likeness (QED) is 0.546. The van der Waals surface area contributed by atoms with Crippen molar-refractivity contribution >= 4 is 30.8 Å². The number of aromatic nitrogens is 1. The van der Waals surface area contributed by atoms with Crippen LogP contribution in [0.4, 0.5) is 4.39 Å². The summed E-state index contributed by atoms with van der Waals surface area (Å²) in [4.78, 5) is -0.908. The number of aryl methyl sites for hydroxylation is 1. The average Bonchev–Trinajstić information content (AvgIpc) is 3.08. The van der Waals surface area contributed by atoms with E-state index in [0.29, 0.717) is 31.4 Å². The van der Waals surface area contributed by atoms with E-state index in [4.69, 9.17) is 0 Å². The Morgan fingerprint density at radius 3 is 2.19 bits per heavy atom. The van der Waals surface area contributed by atoms with Gasteiger partial charge in [0.05, 0.1) is 5.52 Å². The topological polar surface area (TPSA) is 76.5 Å². The van der Waals surface area contributed by atoms with E-state index in [-0.39, 0.29) is 20.7 Å². The minimum absolute atomic E-state index is 0.0625. The highest BCUT2D eigenvalue weighted by atomic mass is 32.2. The molecule has 0 atom stereocenters. The zero-order valence-corrected chi connectivity index (χ0v) is 20.0. The molecular weight excluding hydrogens is 451 g/mol. The molecule has 1 aliphatic heterocycles. The molecule has 0 aliphatic carbocycles. The summed E-state index contributed by atoms with van der Waals surface area (Å²) < 4.78 is 72.2. The predicted molar refractivity (Wildman–Crippen MR) is 121 cm³/mol. The van der Waals surface area contributed by atoms with Gasteiger partial charge in [0.25, 0.3) is 10.0 Å². The Labute approximate surface area is 188 Å². The second-order valence-corrected chi connectivity index (χ2v) is 12.4. The Morgan fingerprint density at radius 1 is 0.969 bits per heavy atom. The van der Waals surface area contributed by atoms with Crippen molar-refractivity contribution in [2.75, 3.05) is 13.1 Å². The fourth-order valence-corrected chi connectivity index (χ4v) is 8.37. The molecule has 4 rings (SSSR count). The molecule has 0 bridgehead atoms. The second kappa shape index (κ2) is 7.97. The van der Waals surface area contributed by atoms with E-state index in [9.17, 15) is 21.2 Å². The van der Waals surface area contributed by atoms with Crippen molar-refractivity contribution < 1.29 is 21.2 Å². The Hall–Kier alpha value is -2.23. The number of sulfonamides is 1. The van der Waals surface area contributed by atoms with E-state index in [2.05, 4.69) is 13.8 Å². The van der Waals surface area contributed by atoms with Crippen molar-refractivity contribution in [1.29, 1.82) is 0 Å². The fraction of sp³-hybridized carbons (Fsp3) is 0.391. The fourth-order valence-electron chi connectivity index (χ4n) is 4.40. The molecule has 0 N–H and O–H groups in total. The maximum atomic E-state index is 14.5. The molecule has 32 heavy (non-hydrogen) atoms.